The number of amides is 2. The standard InChI is InChI=1S/C18H18ClF3N4O3/c1-18(21,22)29-14-11(20)5-4-6-12(14)24-16(27)13-10(8-25(2)17(13)28)9-7-23-26(3)15(9)19/h4-7,10,13H,8H2,1-3H3,(H,24,27)/t10-,13+/m1/s1. The predicted octanol–water partition coefficient (Wildman–Crippen LogP) is 3.01. The lowest BCUT2D eigenvalue weighted by atomic mass is 9.89. The summed E-state index contributed by atoms with van der Waals surface area (Å²) in [5.41, 5.74) is 0.192. The van der Waals surface area contributed by atoms with Crippen LogP contribution in [0, 0.1) is 11.7 Å². The predicted molar refractivity (Wildman–Crippen MR) is 98.4 cm³/mol. The van der Waals surface area contributed by atoms with E-state index >= 15 is 0 Å². The molecule has 11 heteroatoms. The van der Waals surface area contributed by atoms with Crippen molar-refractivity contribution < 1.29 is 27.5 Å². The van der Waals surface area contributed by atoms with E-state index in [0.717, 1.165) is 6.07 Å². The molecule has 0 bridgehead atoms. The van der Waals surface area contributed by atoms with Crippen LogP contribution in [0.2, 0.25) is 5.15 Å². The first kappa shape index (κ1) is 21.0. The van der Waals surface area contributed by atoms with Crippen molar-refractivity contribution >= 4 is 29.1 Å². The molecule has 0 aliphatic carbocycles. The lowest BCUT2D eigenvalue weighted by molar-refractivity contribution is -0.160. The second-order valence-electron chi connectivity index (χ2n) is 6.83. The Labute approximate surface area is 169 Å². The van der Waals surface area contributed by atoms with Gasteiger partial charge in [-0.25, -0.2) is 4.39 Å². The number of hydrogen-bond acceptors (Lipinski definition) is 4. The second-order valence-corrected chi connectivity index (χ2v) is 7.19. The topological polar surface area (TPSA) is 76.5 Å². The molecule has 7 nitrogen and oxygen atoms in total. The van der Waals surface area contributed by atoms with Crippen LogP contribution in [0.25, 0.3) is 0 Å². The highest BCUT2D eigenvalue weighted by Gasteiger charge is 2.46. The molecule has 0 radical (unpaired) electrons. The molecular weight excluding hydrogens is 413 g/mol. The third-order valence-corrected chi connectivity index (χ3v) is 5.06. The van der Waals surface area contributed by atoms with Crippen molar-refractivity contribution in [1.29, 1.82) is 0 Å². The number of carbonyl (C=O) groups is 2. The van der Waals surface area contributed by atoms with Crippen molar-refractivity contribution in [3.8, 4) is 5.75 Å². The highest BCUT2D eigenvalue weighted by Crippen LogP contribution is 2.38. The number of aromatic nitrogens is 2. The van der Waals surface area contributed by atoms with Crippen LogP contribution in [0.3, 0.4) is 0 Å². The molecule has 1 aromatic heterocycles. The highest BCUT2D eigenvalue weighted by atomic mass is 35.5. The Morgan fingerprint density at radius 2 is 2.07 bits per heavy atom. The van der Waals surface area contributed by atoms with E-state index in [0.29, 0.717) is 12.5 Å². The molecule has 3 rings (SSSR count). The number of benzene rings is 1. The van der Waals surface area contributed by atoms with Gasteiger partial charge in [-0.2, -0.15) is 13.9 Å². The Hall–Kier alpha value is -2.75. The minimum atomic E-state index is -3.67. The smallest absolute Gasteiger partial charge is 0.395 e. The molecule has 0 spiro atoms. The van der Waals surface area contributed by atoms with E-state index in [1.807, 2.05) is 0 Å². The van der Waals surface area contributed by atoms with E-state index in [4.69, 9.17) is 11.6 Å². The molecule has 2 heterocycles. The lowest BCUT2D eigenvalue weighted by Crippen LogP contribution is -2.33. The van der Waals surface area contributed by atoms with Crippen molar-refractivity contribution in [1.82, 2.24) is 14.7 Å². The van der Waals surface area contributed by atoms with Gasteiger partial charge in [0, 0.05) is 39.0 Å². The van der Waals surface area contributed by atoms with E-state index in [1.54, 1.807) is 7.05 Å². The van der Waals surface area contributed by atoms with Crippen LogP contribution in [0.5, 0.6) is 5.75 Å². The molecule has 0 saturated carbocycles. The van der Waals surface area contributed by atoms with E-state index in [1.165, 1.54) is 35.0 Å². The SMILES string of the molecule is CN1C[C@H](c2cnn(C)c2Cl)[C@@H](C(=O)Nc2cccc(F)c2OC(C)(F)F)C1=O. The summed E-state index contributed by atoms with van der Waals surface area (Å²) in [6.07, 6.45) is -2.20. The second kappa shape index (κ2) is 7.58. The first-order valence-corrected chi connectivity index (χ1v) is 8.96. The average Bonchev–Trinajstić information content (AvgIpc) is 3.09. The van der Waals surface area contributed by atoms with E-state index in [-0.39, 0.29) is 17.4 Å². The fourth-order valence-corrected chi connectivity index (χ4v) is 3.49. The minimum Gasteiger partial charge on any atom is -0.427 e. The van der Waals surface area contributed by atoms with Crippen LogP contribution in [0.15, 0.2) is 24.4 Å². The number of nitrogens with zero attached hydrogens (tertiary/aromatic N) is 3. The monoisotopic (exact) mass is 430 g/mol. The van der Waals surface area contributed by atoms with Gasteiger partial charge in [0.1, 0.15) is 11.1 Å². The van der Waals surface area contributed by atoms with Gasteiger partial charge in [-0.05, 0) is 12.1 Å². The number of anilines is 1. The summed E-state index contributed by atoms with van der Waals surface area (Å²) in [6.45, 7) is 0.656. The van der Waals surface area contributed by atoms with Gasteiger partial charge in [-0.3, -0.25) is 14.3 Å². The summed E-state index contributed by atoms with van der Waals surface area (Å²) in [4.78, 5) is 26.9. The van der Waals surface area contributed by atoms with Crippen LogP contribution < -0.4 is 10.1 Å². The van der Waals surface area contributed by atoms with Crippen LogP contribution in [-0.2, 0) is 16.6 Å². The maximum Gasteiger partial charge on any atom is 0.395 e. The molecule has 2 amide bonds. The van der Waals surface area contributed by atoms with E-state index < -0.39 is 41.3 Å². The maximum absolute atomic E-state index is 14.0. The number of likely N-dealkylation sites (tertiary alicyclic amines) is 1. The minimum absolute atomic E-state index is 0.210. The Morgan fingerprint density at radius 1 is 1.38 bits per heavy atom. The van der Waals surface area contributed by atoms with Gasteiger partial charge in [0.05, 0.1) is 11.9 Å². The van der Waals surface area contributed by atoms with Gasteiger partial charge in [0.15, 0.2) is 11.6 Å². The van der Waals surface area contributed by atoms with Crippen LogP contribution in [0.1, 0.15) is 18.4 Å². The van der Waals surface area contributed by atoms with Gasteiger partial charge in [-0.15, -0.1) is 0 Å². The number of rotatable bonds is 5. The molecule has 2 aromatic rings. The normalized spacial score (nSPS) is 19.6. The third-order valence-electron chi connectivity index (χ3n) is 4.60. The molecule has 1 aliphatic rings. The van der Waals surface area contributed by atoms with Crippen molar-refractivity contribution in [3.05, 3.63) is 40.9 Å². The van der Waals surface area contributed by atoms with Gasteiger partial charge >= 0.3 is 6.11 Å². The molecule has 29 heavy (non-hydrogen) atoms. The number of para-hydroxylation sites is 1. The Morgan fingerprint density at radius 3 is 2.66 bits per heavy atom. The number of carbonyl (C=O) groups excluding carboxylic acids is 2. The van der Waals surface area contributed by atoms with Gasteiger partial charge in [-0.1, -0.05) is 17.7 Å². The van der Waals surface area contributed by atoms with Crippen molar-refractivity contribution in [2.75, 3.05) is 18.9 Å². The summed E-state index contributed by atoms with van der Waals surface area (Å²) in [5.74, 6) is -4.97. The Bertz CT molecular complexity index is 960. The number of halogens is 4. The van der Waals surface area contributed by atoms with E-state index in [9.17, 15) is 22.8 Å². The van der Waals surface area contributed by atoms with Crippen LogP contribution in [0.4, 0.5) is 18.9 Å². The van der Waals surface area contributed by atoms with Crippen molar-refractivity contribution in [2.45, 2.75) is 19.0 Å². The Kier molecular flexibility index (Phi) is 5.48. The van der Waals surface area contributed by atoms with Gasteiger partial charge < -0.3 is 15.0 Å². The molecule has 1 fully saturated rings. The molecule has 0 unspecified atom stereocenters. The highest BCUT2D eigenvalue weighted by molar-refractivity contribution is 6.30. The van der Waals surface area contributed by atoms with Gasteiger partial charge in [0.2, 0.25) is 11.8 Å². The molecule has 1 aliphatic heterocycles. The lowest BCUT2D eigenvalue weighted by Gasteiger charge is -2.19. The largest absolute Gasteiger partial charge is 0.427 e. The molecule has 156 valence electrons. The summed E-state index contributed by atoms with van der Waals surface area (Å²) in [6, 6.07) is 3.35. The zero-order chi connectivity index (χ0) is 21.5. The number of alkyl halides is 2. The average molecular weight is 431 g/mol. The molecular formula is C18H18ClF3N4O3. The van der Waals surface area contributed by atoms with Crippen molar-refractivity contribution in [2.24, 2.45) is 13.0 Å². The molecule has 1 saturated heterocycles. The maximum atomic E-state index is 14.0. The number of aryl methyl sites for hydroxylation is 1. The summed E-state index contributed by atoms with van der Waals surface area (Å²) < 4.78 is 46.3. The number of ether oxygens (including phenoxy) is 1. The van der Waals surface area contributed by atoms with Crippen LogP contribution in [-0.4, -0.2) is 46.2 Å². The van der Waals surface area contributed by atoms with E-state index in [2.05, 4.69) is 15.2 Å². The fourth-order valence-electron chi connectivity index (χ4n) is 3.26. The number of nitrogens with one attached hydrogen (secondary N) is 1. The summed E-state index contributed by atoms with van der Waals surface area (Å²) in [5, 5.41) is 6.64. The first-order valence-electron chi connectivity index (χ1n) is 8.58. The fraction of sp³-hybridized carbons (Fsp3) is 0.389. The zero-order valence-electron chi connectivity index (χ0n) is 15.7. The summed E-state index contributed by atoms with van der Waals surface area (Å²) >= 11 is 6.22. The Balaban J connectivity index is 1.92. The first-order chi connectivity index (χ1) is 13.5. The quantitative estimate of drug-likeness (QED) is 0.740. The van der Waals surface area contributed by atoms with Crippen molar-refractivity contribution in [3.63, 3.8) is 0 Å². The molecule has 2 atom stereocenters. The number of hydrogen-bond donors (Lipinski definition) is 1. The molecule has 1 aromatic carbocycles. The van der Waals surface area contributed by atoms with Crippen LogP contribution >= 0.6 is 11.6 Å². The summed E-state index contributed by atoms with van der Waals surface area (Å²) in [7, 11) is 3.14. The third kappa shape index (κ3) is 4.16. The zero-order valence-corrected chi connectivity index (χ0v) is 16.5. The molecule has 1 N–H and O–H groups in total. The number of likely N-dealkylation sites (N-methyl/N-ethyl adjacent to an activating group) is 1. The van der Waals surface area contributed by atoms with Gasteiger partial charge in [0.25, 0.3) is 0 Å².